The quantitative estimate of drug-likeness (QED) is 0.679. The molecule has 15 heavy (non-hydrogen) atoms. The Hall–Kier alpha value is -0.0400. The van der Waals surface area contributed by atoms with Crippen LogP contribution in [0, 0.1) is 11.3 Å². The molecular formula is C14H26O. The van der Waals surface area contributed by atoms with Gasteiger partial charge < -0.3 is 4.74 Å². The highest BCUT2D eigenvalue weighted by atomic mass is 16.5. The Morgan fingerprint density at radius 1 is 1.27 bits per heavy atom. The van der Waals surface area contributed by atoms with Crippen molar-refractivity contribution in [3.05, 3.63) is 0 Å². The van der Waals surface area contributed by atoms with Crippen molar-refractivity contribution in [1.29, 1.82) is 0 Å². The summed E-state index contributed by atoms with van der Waals surface area (Å²) in [5.41, 5.74) is 0.669. The molecule has 4 atom stereocenters. The SMILES string of the molecule is CCCCC1OC2(C)CCC1(C)CC2C. The summed E-state index contributed by atoms with van der Waals surface area (Å²) in [7, 11) is 0. The lowest BCUT2D eigenvalue weighted by molar-refractivity contribution is -0.247. The van der Waals surface area contributed by atoms with Crippen LogP contribution < -0.4 is 0 Å². The normalized spacial score (nSPS) is 49.6. The standard InChI is InChI=1S/C14H26O/c1-5-6-7-12-13(3)8-9-14(4,15-12)11(2)10-13/h11-12H,5-10H2,1-4H3. The Labute approximate surface area is 94.6 Å². The van der Waals surface area contributed by atoms with E-state index < -0.39 is 0 Å². The fourth-order valence-electron chi connectivity index (χ4n) is 3.53. The molecular weight excluding hydrogens is 184 g/mol. The zero-order valence-corrected chi connectivity index (χ0v) is 10.8. The molecule has 2 saturated heterocycles. The molecule has 2 heterocycles. The van der Waals surface area contributed by atoms with E-state index in [1.54, 1.807) is 0 Å². The van der Waals surface area contributed by atoms with E-state index in [1.807, 2.05) is 0 Å². The van der Waals surface area contributed by atoms with Crippen molar-refractivity contribution in [2.45, 2.75) is 77.9 Å². The molecule has 88 valence electrons. The molecule has 0 aromatic carbocycles. The van der Waals surface area contributed by atoms with E-state index in [2.05, 4.69) is 27.7 Å². The van der Waals surface area contributed by atoms with E-state index in [0.29, 0.717) is 11.5 Å². The lowest BCUT2D eigenvalue weighted by Crippen LogP contribution is -2.58. The Kier molecular flexibility index (Phi) is 2.87. The molecule has 3 aliphatic rings. The Morgan fingerprint density at radius 2 is 2.00 bits per heavy atom. The minimum atomic E-state index is 0.191. The first-order chi connectivity index (χ1) is 7.00. The Morgan fingerprint density at radius 3 is 2.60 bits per heavy atom. The number of fused-ring (bicyclic) bond motifs is 3. The molecule has 1 heteroatoms. The van der Waals surface area contributed by atoms with E-state index in [0.717, 1.165) is 5.92 Å². The van der Waals surface area contributed by atoms with Crippen LogP contribution in [0.4, 0.5) is 0 Å². The van der Waals surface area contributed by atoms with Crippen LogP contribution in [0.3, 0.4) is 0 Å². The molecule has 1 nitrogen and oxygen atoms in total. The summed E-state index contributed by atoms with van der Waals surface area (Å²) in [5.74, 6) is 0.745. The van der Waals surface area contributed by atoms with Crippen LogP contribution in [-0.4, -0.2) is 11.7 Å². The molecule has 3 rings (SSSR count). The average molecular weight is 210 g/mol. The van der Waals surface area contributed by atoms with E-state index in [-0.39, 0.29) is 5.60 Å². The zero-order chi connectivity index (χ0) is 11.1. The second-order valence-electron chi connectivity index (χ2n) is 6.32. The maximum Gasteiger partial charge on any atom is 0.0684 e. The van der Waals surface area contributed by atoms with Gasteiger partial charge in [0.1, 0.15) is 0 Å². The molecule has 0 aromatic heterocycles. The van der Waals surface area contributed by atoms with Crippen LogP contribution in [0.1, 0.15) is 66.2 Å². The van der Waals surface area contributed by atoms with E-state index >= 15 is 0 Å². The first kappa shape index (κ1) is 11.4. The molecule has 0 radical (unpaired) electrons. The van der Waals surface area contributed by atoms with E-state index in [9.17, 15) is 0 Å². The minimum absolute atomic E-state index is 0.191. The van der Waals surface area contributed by atoms with Gasteiger partial charge in [-0.2, -0.15) is 0 Å². The van der Waals surface area contributed by atoms with Crippen LogP contribution in [0.5, 0.6) is 0 Å². The Balaban J connectivity index is 2.09. The fraction of sp³-hybridized carbons (Fsp3) is 1.00. The second kappa shape index (κ2) is 3.76. The maximum absolute atomic E-state index is 6.39. The van der Waals surface area contributed by atoms with Gasteiger partial charge in [-0.25, -0.2) is 0 Å². The van der Waals surface area contributed by atoms with Crippen molar-refractivity contribution in [1.82, 2.24) is 0 Å². The van der Waals surface area contributed by atoms with E-state index in [4.69, 9.17) is 4.74 Å². The molecule has 2 bridgehead atoms. The van der Waals surface area contributed by atoms with Crippen LogP contribution in [0.15, 0.2) is 0 Å². The van der Waals surface area contributed by atoms with Crippen LogP contribution in [-0.2, 0) is 4.74 Å². The smallest absolute Gasteiger partial charge is 0.0684 e. The van der Waals surface area contributed by atoms with Crippen molar-refractivity contribution >= 4 is 0 Å². The van der Waals surface area contributed by atoms with Gasteiger partial charge in [0, 0.05) is 0 Å². The third-order valence-corrected chi connectivity index (χ3v) is 5.02. The highest BCUT2D eigenvalue weighted by Gasteiger charge is 2.54. The predicted molar refractivity (Wildman–Crippen MR) is 63.9 cm³/mol. The molecule has 3 fully saturated rings. The van der Waals surface area contributed by atoms with Crippen molar-refractivity contribution in [2.75, 3.05) is 0 Å². The Bertz CT molecular complexity index is 237. The number of unbranched alkanes of at least 4 members (excludes halogenated alkanes) is 1. The monoisotopic (exact) mass is 210 g/mol. The summed E-state index contributed by atoms with van der Waals surface area (Å²) in [6.45, 7) is 9.42. The van der Waals surface area contributed by atoms with Crippen molar-refractivity contribution < 1.29 is 4.74 Å². The van der Waals surface area contributed by atoms with Gasteiger partial charge in [0.15, 0.2) is 0 Å². The van der Waals surface area contributed by atoms with Gasteiger partial charge in [0.2, 0.25) is 0 Å². The molecule has 0 N–H and O–H groups in total. The molecule has 2 aliphatic heterocycles. The summed E-state index contributed by atoms with van der Waals surface area (Å²) in [4.78, 5) is 0. The molecule has 4 unspecified atom stereocenters. The summed E-state index contributed by atoms with van der Waals surface area (Å²) < 4.78 is 6.39. The van der Waals surface area contributed by atoms with Gasteiger partial charge >= 0.3 is 0 Å². The van der Waals surface area contributed by atoms with Crippen molar-refractivity contribution in [3.8, 4) is 0 Å². The third kappa shape index (κ3) is 1.84. The van der Waals surface area contributed by atoms with Gasteiger partial charge in [0.25, 0.3) is 0 Å². The predicted octanol–water partition coefficient (Wildman–Crippen LogP) is 4.16. The topological polar surface area (TPSA) is 9.23 Å². The lowest BCUT2D eigenvalue weighted by atomic mass is 9.59. The first-order valence-corrected chi connectivity index (χ1v) is 6.68. The minimum Gasteiger partial charge on any atom is -0.371 e. The lowest BCUT2D eigenvalue weighted by Gasteiger charge is -2.58. The van der Waals surface area contributed by atoms with Gasteiger partial charge in [-0.05, 0) is 43.9 Å². The molecule has 1 saturated carbocycles. The molecule has 0 amide bonds. The largest absolute Gasteiger partial charge is 0.371 e. The number of ether oxygens (including phenoxy) is 1. The van der Waals surface area contributed by atoms with Gasteiger partial charge in [0.05, 0.1) is 11.7 Å². The number of rotatable bonds is 3. The fourth-order valence-corrected chi connectivity index (χ4v) is 3.53. The van der Waals surface area contributed by atoms with Crippen LogP contribution in [0.2, 0.25) is 0 Å². The van der Waals surface area contributed by atoms with Crippen LogP contribution >= 0.6 is 0 Å². The van der Waals surface area contributed by atoms with Crippen LogP contribution in [0.25, 0.3) is 0 Å². The summed E-state index contributed by atoms with van der Waals surface area (Å²) in [5, 5.41) is 0. The van der Waals surface area contributed by atoms with Gasteiger partial charge in [-0.1, -0.05) is 33.6 Å². The summed E-state index contributed by atoms with van der Waals surface area (Å²) in [6.07, 6.45) is 8.45. The molecule has 0 spiro atoms. The van der Waals surface area contributed by atoms with E-state index in [1.165, 1.54) is 38.5 Å². The highest BCUT2D eigenvalue weighted by molar-refractivity contribution is 5.03. The maximum atomic E-state index is 6.39. The van der Waals surface area contributed by atoms with Crippen molar-refractivity contribution in [2.24, 2.45) is 11.3 Å². The summed E-state index contributed by atoms with van der Waals surface area (Å²) in [6, 6.07) is 0. The van der Waals surface area contributed by atoms with Crippen molar-refractivity contribution in [3.63, 3.8) is 0 Å². The summed E-state index contributed by atoms with van der Waals surface area (Å²) >= 11 is 0. The van der Waals surface area contributed by atoms with Gasteiger partial charge in [-0.15, -0.1) is 0 Å². The number of hydrogen-bond donors (Lipinski definition) is 0. The third-order valence-electron chi connectivity index (χ3n) is 5.02. The number of hydrogen-bond acceptors (Lipinski definition) is 1. The molecule has 0 aromatic rings. The molecule has 1 aliphatic carbocycles. The van der Waals surface area contributed by atoms with Gasteiger partial charge in [-0.3, -0.25) is 0 Å². The zero-order valence-electron chi connectivity index (χ0n) is 10.8. The second-order valence-corrected chi connectivity index (χ2v) is 6.32. The highest BCUT2D eigenvalue weighted by Crippen LogP contribution is 2.55. The first-order valence-electron chi connectivity index (χ1n) is 6.68. The average Bonchev–Trinajstić information content (AvgIpc) is 2.18.